The second-order valence-electron chi connectivity index (χ2n) is 25.7. The Labute approximate surface area is 567 Å². The summed E-state index contributed by atoms with van der Waals surface area (Å²) in [6.45, 7) is -0.130. The van der Waals surface area contributed by atoms with E-state index in [2.05, 4.69) is 366 Å². The third-order valence-electron chi connectivity index (χ3n) is 20.6. The Morgan fingerprint density at radius 2 is 0.660 bits per heavy atom. The first-order valence-electron chi connectivity index (χ1n) is 33.5. The van der Waals surface area contributed by atoms with E-state index in [1.165, 1.54) is 130 Å². The van der Waals surface area contributed by atoms with Crippen molar-refractivity contribution >= 4 is 117 Å². The maximum atomic E-state index is 2.69. The van der Waals surface area contributed by atoms with Gasteiger partial charge in [-0.3, -0.25) is 0 Å². The molecule has 18 aromatic rings. The van der Waals surface area contributed by atoms with Crippen LogP contribution in [-0.2, 0) is 0 Å². The molecule has 0 aliphatic carbocycles. The molecule has 0 saturated carbocycles. The van der Waals surface area contributed by atoms with E-state index in [0.717, 1.165) is 56.3 Å². The minimum atomic E-state index is -0.130. The molecule has 2 aromatic heterocycles. The smallest absolute Gasteiger partial charge is 0.249 e. The predicted molar refractivity (Wildman–Crippen MR) is 413 cm³/mol. The second kappa shape index (κ2) is 22.2. The Morgan fingerprint density at radius 1 is 0.237 bits per heavy atom. The van der Waals surface area contributed by atoms with Crippen LogP contribution in [0.1, 0.15) is 0 Å². The van der Waals surface area contributed by atoms with Gasteiger partial charge in [0.25, 0.3) is 0 Å². The molecule has 5 heteroatoms. The van der Waals surface area contributed by atoms with Gasteiger partial charge in [0.2, 0.25) is 6.71 Å². The Kier molecular flexibility index (Phi) is 12.7. The molecule has 3 nitrogen and oxygen atoms in total. The zero-order valence-electron chi connectivity index (χ0n) is 52.8. The predicted octanol–water partition coefficient (Wildman–Crippen LogP) is 23.0. The van der Waals surface area contributed by atoms with Crippen molar-refractivity contribution in [2.24, 2.45) is 0 Å². The fraction of sp³-hybridized carbons (Fsp3) is 0. The summed E-state index contributed by atoms with van der Waals surface area (Å²) in [6, 6.07) is 132. The van der Waals surface area contributed by atoms with Crippen LogP contribution >= 0.6 is 11.8 Å². The number of hydrogen-bond donors (Lipinski definition) is 0. The van der Waals surface area contributed by atoms with Crippen molar-refractivity contribution < 1.29 is 0 Å². The van der Waals surface area contributed by atoms with Crippen LogP contribution in [0.4, 0.5) is 17.1 Å². The summed E-state index contributed by atoms with van der Waals surface area (Å²) in [7, 11) is 0. The zero-order valence-corrected chi connectivity index (χ0v) is 53.6. The molecule has 16 aromatic carbocycles. The molecular formula is C92H58BN3S. The highest BCUT2D eigenvalue weighted by Gasteiger charge is 2.43. The molecule has 0 bridgehead atoms. The average Bonchev–Trinajstić information content (AvgIpc) is 1.02. The third kappa shape index (κ3) is 8.65. The minimum Gasteiger partial charge on any atom is -0.310 e. The highest BCUT2D eigenvalue weighted by molar-refractivity contribution is 8.00. The fourth-order valence-electron chi connectivity index (χ4n) is 16.4. The van der Waals surface area contributed by atoms with Crippen LogP contribution in [0.2, 0.25) is 0 Å². The largest absolute Gasteiger partial charge is 0.310 e. The molecule has 4 heterocycles. The van der Waals surface area contributed by atoms with Gasteiger partial charge in [0.15, 0.2) is 0 Å². The van der Waals surface area contributed by atoms with Gasteiger partial charge >= 0.3 is 0 Å². The van der Waals surface area contributed by atoms with Crippen molar-refractivity contribution in [1.29, 1.82) is 0 Å². The third-order valence-corrected chi connectivity index (χ3v) is 21.7. The first kappa shape index (κ1) is 55.3. The van der Waals surface area contributed by atoms with Crippen LogP contribution in [-0.4, -0.2) is 15.8 Å². The molecular weight excluding hydrogens is 1190 g/mol. The quantitative estimate of drug-likeness (QED) is 0.106. The summed E-state index contributed by atoms with van der Waals surface area (Å²) in [6.07, 6.45) is 0. The van der Waals surface area contributed by atoms with E-state index in [0.29, 0.717) is 0 Å². The molecule has 0 amide bonds. The molecule has 0 atom stereocenters. The van der Waals surface area contributed by atoms with E-state index in [1.54, 1.807) is 0 Å². The van der Waals surface area contributed by atoms with Gasteiger partial charge in [0, 0.05) is 65.2 Å². The maximum Gasteiger partial charge on any atom is 0.249 e. The molecule has 20 rings (SSSR count). The van der Waals surface area contributed by atoms with E-state index in [4.69, 9.17) is 0 Å². The number of para-hydroxylation sites is 5. The number of hydrogen-bond acceptors (Lipinski definition) is 2. The molecule has 0 N–H and O–H groups in total. The van der Waals surface area contributed by atoms with Gasteiger partial charge in [0.1, 0.15) is 0 Å². The molecule has 450 valence electrons. The average molecular weight is 1250 g/mol. The van der Waals surface area contributed by atoms with Crippen molar-refractivity contribution in [1.82, 2.24) is 9.13 Å². The van der Waals surface area contributed by atoms with Crippen LogP contribution in [0, 0.1) is 0 Å². The summed E-state index contributed by atoms with van der Waals surface area (Å²) >= 11 is 1.92. The number of aromatic nitrogens is 2. The Hall–Kier alpha value is -12.1. The zero-order chi connectivity index (χ0) is 63.7. The Balaban J connectivity index is 0.899. The number of fused-ring (bicyclic) bond motifs is 12. The number of benzene rings is 16. The number of nitrogens with zero attached hydrogens (tertiary/aromatic N) is 3. The molecule has 0 spiro atoms. The lowest BCUT2D eigenvalue weighted by Crippen LogP contribution is -2.60. The van der Waals surface area contributed by atoms with Crippen molar-refractivity contribution in [3.8, 4) is 78.1 Å². The molecule has 97 heavy (non-hydrogen) atoms. The number of rotatable bonds is 9. The maximum absolute atomic E-state index is 2.69. The van der Waals surface area contributed by atoms with Gasteiger partial charge in [-0.1, -0.05) is 308 Å². The number of anilines is 3. The Bertz CT molecular complexity index is 6010. The molecule has 0 fully saturated rings. The van der Waals surface area contributed by atoms with Crippen molar-refractivity contribution in [2.45, 2.75) is 9.79 Å². The monoisotopic (exact) mass is 1250 g/mol. The van der Waals surface area contributed by atoms with Gasteiger partial charge in [-0.05, 0) is 149 Å². The lowest BCUT2D eigenvalue weighted by atomic mass is 9.34. The van der Waals surface area contributed by atoms with Gasteiger partial charge in [-0.15, -0.1) is 0 Å². The standard InChI is InChI=1S/C92H58BN3S/c1-5-26-59(27-6-1)63-48-51-67(60-28-7-2-8-29-60)78(54-63)90-76-40-15-13-38-74(76)89(75-39-14-16-41-77(75)90)64-49-52-79-85(55-64)96(92-68(61-30-9-3-10-31-61)42-25-43-69(92)62-32-11-4-12-33-62)86-56-66(95-83-46-23-19-36-72(83)73-37-20-24-47-84(73)95)58-88-91(86)93(79)80-53-50-65(57-87(80)97-88)94-81-44-21-17-34-70(81)71-35-18-22-45-82(71)94/h1-58H. The fourth-order valence-corrected chi connectivity index (χ4v) is 17.7. The van der Waals surface area contributed by atoms with Gasteiger partial charge in [-0.2, -0.15) is 0 Å². The van der Waals surface area contributed by atoms with Crippen LogP contribution < -0.4 is 21.3 Å². The van der Waals surface area contributed by atoms with E-state index >= 15 is 0 Å². The lowest BCUT2D eigenvalue weighted by Gasteiger charge is -2.42. The molecule has 0 radical (unpaired) electrons. The summed E-state index contributed by atoms with van der Waals surface area (Å²) < 4.78 is 4.99. The Morgan fingerprint density at radius 3 is 1.19 bits per heavy atom. The normalized spacial score (nSPS) is 12.5. The van der Waals surface area contributed by atoms with Crippen molar-refractivity contribution in [2.75, 3.05) is 4.90 Å². The minimum absolute atomic E-state index is 0.130. The summed E-state index contributed by atoms with van der Waals surface area (Å²) in [5, 5.41) is 9.78. The molecule has 0 unspecified atom stereocenters. The second-order valence-corrected chi connectivity index (χ2v) is 26.8. The summed E-state index contributed by atoms with van der Waals surface area (Å²) in [5.74, 6) is 0. The first-order chi connectivity index (χ1) is 48.2. The van der Waals surface area contributed by atoms with E-state index < -0.39 is 0 Å². The summed E-state index contributed by atoms with van der Waals surface area (Å²) in [4.78, 5) is 5.18. The SMILES string of the molecule is c1ccc(-c2ccc(-c3ccccc3)c(-c3c4ccccc4c(-c4ccc5c(c4)N(c4c(-c6ccccc6)cccc4-c4ccccc4)c4cc(-n6c7ccccc7c7ccccc76)cc6c4B5c4ccc(-n5c7ccccc7c7ccccc75)cc4S6)c4ccccc34)c2)cc1. The van der Waals surface area contributed by atoms with Crippen LogP contribution in [0.25, 0.3) is 143 Å². The molecule has 2 aliphatic heterocycles. The van der Waals surface area contributed by atoms with E-state index in [9.17, 15) is 0 Å². The van der Waals surface area contributed by atoms with E-state index in [-0.39, 0.29) is 6.71 Å². The highest BCUT2D eigenvalue weighted by atomic mass is 32.2. The summed E-state index contributed by atoms with van der Waals surface area (Å²) in [5.41, 5.74) is 28.5. The van der Waals surface area contributed by atoms with Crippen LogP contribution in [0.15, 0.2) is 362 Å². The highest BCUT2D eigenvalue weighted by Crippen LogP contribution is 2.53. The van der Waals surface area contributed by atoms with Crippen molar-refractivity contribution in [3.63, 3.8) is 0 Å². The van der Waals surface area contributed by atoms with Crippen LogP contribution in [0.3, 0.4) is 0 Å². The van der Waals surface area contributed by atoms with Gasteiger partial charge < -0.3 is 14.0 Å². The van der Waals surface area contributed by atoms with E-state index in [1.807, 2.05) is 11.8 Å². The molecule has 0 saturated heterocycles. The van der Waals surface area contributed by atoms with Crippen LogP contribution in [0.5, 0.6) is 0 Å². The van der Waals surface area contributed by atoms with Crippen molar-refractivity contribution in [3.05, 3.63) is 352 Å². The van der Waals surface area contributed by atoms with Gasteiger partial charge in [0.05, 0.1) is 27.8 Å². The van der Waals surface area contributed by atoms with Gasteiger partial charge in [-0.25, -0.2) is 0 Å². The first-order valence-corrected chi connectivity index (χ1v) is 34.3. The topological polar surface area (TPSA) is 13.1 Å². The lowest BCUT2D eigenvalue weighted by molar-refractivity contribution is 1.15. The molecule has 2 aliphatic rings.